The summed E-state index contributed by atoms with van der Waals surface area (Å²) in [5, 5.41) is 3.87. The smallest absolute Gasteiger partial charge is 0.243 e. The summed E-state index contributed by atoms with van der Waals surface area (Å²) in [6.07, 6.45) is 1.20. The number of nitrogens with zero attached hydrogens (tertiary/aromatic N) is 3. The van der Waals surface area contributed by atoms with Gasteiger partial charge in [0.15, 0.2) is 17.5 Å². The number of hydrogen-bond acceptors (Lipinski definition) is 5. The van der Waals surface area contributed by atoms with E-state index in [9.17, 15) is 17.2 Å². The predicted octanol–water partition coefficient (Wildman–Crippen LogP) is 2.92. The summed E-state index contributed by atoms with van der Waals surface area (Å²) < 4.78 is 58.7. The van der Waals surface area contributed by atoms with Crippen LogP contribution in [0.1, 0.15) is 23.2 Å². The molecule has 0 unspecified atom stereocenters. The summed E-state index contributed by atoms with van der Waals surface area (Å²) in [4.78, 5) is 3.79. The normalized spacial score (nSPS) is 20.8. The number of benzene rings is 2. The van der Waals surface area contributed by atoms with Gasteiger partial charge in [-0.25, -0.2) is 17.2 Å². The SMILES string of the molecule is O=S(=O)(c1ccc(F)c(F)c1)N1C[C@H](c2ccccc2)[C@H](c2ncon2)C1. The van der Waals surface area contributed by atoms with E-state index in [2.05, 4.69) is 10.1 Å². The summed E-state index contributed by atoms with van der Waals surface area (Å²) in [5.41, 5.74) is 0.940. The Bertz CT molecular complexity index is 1040. The van der Waals surface area contributed by atoms with Gasteiger partial charge in [0.1, 0.15) is 0 Å². The molecule has 3 aromatic rings. The molecule has 6 nitrogen and oxygen atoms in total. The molecule has 2 atom stereocenters. The fourth-order valence-electron chi connectivity index (χ4n) is 3.39. The van der Waals surface area contributed by atoms with Gasteiger partial charge in [-0.2, -0.15) is 9.29 Å². The second-order valence-electron chi connectivity index (χ2n) is 6.31. The first-order chi connectivity index (χ1) is 13.0. The Morgan fingerprint density at radius 3 is 2.41 bits per heavy atom. The molecule has 0 N–H and O–H groups in total. The standard InChI is InChI=1S/C18H15F2N3O3S/c19-16-7-6-13(8-17(16)20)27(24,25)23-9-14(12-4-2-1-3-5-12)15(10-23)18-21-11-26-22-18/h1-8,11,14-15H,9-10H2/t14-,15-/m1/s1. The third kappa shape index (κ3) is 3.24. The van der Waals surface area contributed by atoms with E-state index in [0.717, 1.165) is 17.7 Å². The molecule has 1 fully saturated rings. The molecule has 1 aliphatic rings. The largest absolute Gasteiger partial charge is 0.343 e. The van der Waals surface area contributed by atoms with Crippen LogP contribution in [0.15, 0.2) is 64.3 Å². The van der Waals surface area contributed by atoms with Gasteiger partial charge in [-0.15, -0.1) is 0 Å². The Morgan fingerprint density at radius 2 is 1.74 bits per heavy atom. The van der Waals surface area contributed by atoms with Crippen LogP contribution in [-0.4, -0.2) is 36.0 Å². The molecule has 1 aliphatic heterocycles. The monoisotopic (exact) mass is 391 g/mol. The lowest BCUT2D eigenvalue weighted by molar-refractivity contribution is 0.401. The quantitative estimate of drug-likeness (QED) is 0.684. The van der Waals surface area contributed by atoms with E-state index >= 15 is 0 Å². The molecule has 27 heavy (non-hydrogen) atoms. The number of rotatable bonds is 4. The number of sulfonamides is 1. The zero-order valence-electron chi connectivity index (χ0n) is 14.0. The minimum Gasteiger partial charge on any atom is -0.343 e. The molecular weight excluding hydrogens is 376 g/mol. The minimum absolute atomic E-state index is 0.112. The molecule has 140 valence electrons. The molecule has 0 amide bonds. The van der Waals surface area contributed by atoms with Gasteiger partial charge in [0.25, 0.3) is 0 Å². The van der Waals surface area contributed by atoms with Crippen molar-refractivity contribution in [1.82, 2.24) is 14.4 Å². The van der Waals surface area contributed by atoms with Crippen molar-refractivity contribution in [2.75, 3.05) is 13.1 Å². The highest BCUT2D eigenvalue weighted by molar-refractivity contribution is 7.89. The molecule has 0 radical (unpaired) electrons. The number of halogens is 2. The molecule has 0 bridgehead atoms. The average Bonchev–Trinajstić information content (AvgIpc) is 3.34. The van der Waals surface area contributed by atoms with Crippen LogP contribution in [-0.2, 0) is 10.0 Å². The van der Waals surface area contributed by atoms with E-state index in [1.54, 1.807) is 0 Å². The van der Waals surface area contributed by atoms with Crippen LogP contribution in [0.3, 0.4) is 0 Å². The molecule has 1 aromatic heterocycles. The van der Waals surface area contributed by atoms with Crippen molar-refractivity contribution in [3.8, 4) is 0 Å². The van der Waals surface area contributed by atoms with Crippen LogP contribution in [0, 0.1) is 11.6 Å². The van der Waals surface area contributed by atoms with Crippen LogP contribution in [0.4, 0.5) is 8.78 Å². The zero-order chi connectivity index (χ0) is 19.0. The second kappa shape index (κ2) is 6.82. The highest BCUT2D eigenvalue weighted by Gasteiger charge is 2.42. The van der Waals surface area contributed by atoms with Crippen LogP contribution in [0.2, 0.25) is 0 Å². The van der Waals surface area contributed by atoms with Crippen LogP contribution < -0.4 is 0 Å². The Kier molecular flexibility index (Phi) is 4.48. The van der Waals surface area contributed by atoms with Gasteiger partial charge in [0, 0.05) is 24.9 Å². The van der Waals surface area contributed by atoms with Crippen molar-refractivity contribution >= 4 is 10.0 Å². The lowest BCUT2D eigenvalue weighted by Gasteiger charge is -2.17. The zero-order valence-corrected chi connectivity index (χ0v) is 14.8. The van der Waals surface area contributed by atoms with E-state index in [-0.39, 0.29) is 29.8 Å². The topological polar surface area (TPSA) is 76.3 Å². The maximum atomic E-state index is 13.5. The summed E-state index contributed by atoms with van der Waals surface area (Å²) in [7, 11) is -4.00. The fraction of sp³-hybridized carbons (Fsp3) is 0.222. The molecule has 0 saturated carbocycles. The highest BCUT2D eigenvalue weighted by Crippen LogP contribution is 2.40. The number of hydrogen-bond donors (Lipinski definition) is 0. The fourth-order valence-corrected chi connectivity index (χ4v) is 4.90. The summed E-state index contributed by atoms with van der Waals surface area (Å²) in [6.45, 7) is 0.283. The van der Waals surface area contributed by atoms with Gasteiger partial charge in [-0.05, 0) is 23.8 Å². The Labute approximate surface area is 154 Å². The molecule has 4 rings (SSSR count). The van der Waals surface area contributed by atoms with E-state index < -0.39 is 21.7 Å². The Hall–Kier alpha value is -2.65. The lowest BCUT2D eigenvalue weighted by Crippen LogP contribution is -2.29. The molecule has 0 spiro atoms. The summed E-state index contributed by atoms with van der Waals surface area (Å²) in [5.74, 6) is -2.39. The third-order valence-electron chi connectivity index (χ3n) is 4.75. The van der Waals surface area contributed by atoms with E-state index in [1.165, 1.54) is 10.7 Å². The van der Waals surface area contributed by atoms with Crippen molar-refractivity contribution < 1.29 is 21.7 Å². The molecule has 1 saturated heterocycles. The maximum Gasteiger partial charge on any atom is 0.243 e. The van der Waals surface area contributed by atoms with Crippen LogP contribution in [0.5, 0.6) is 0 Å². The first-order valence-electron chi connectivity index (χ1n) is 8.23. The van der Waals surface area contributed by atoms with E-state index in [1.807, 2.05) is 30.3 Å². The second-order valence-corrected chi connectivity index (χ2v) is 8.25. The van der Waals surface area contributed by atoms with Crippen molar-refractivity contribution in [3.63, 3.8) is 0 Å². The summed E-state index contributed by atoms with van der Waals surface area (Å²) in [6, 6.07) is 12.0. The summed E-state index contributed by atoms with van der Waals surface area (Å²) >= 11 is 0. The first-order valence-corrected chi connectivity index (χ1v) is 9.67. The van der Waals surface area contributed by atoms with Gasteiger partial charge in [-0.3, -0.25) is 0 Å². The van der Waals surface area contributed by atoms with Gasteiger partial charge < -0.3 is 4.52 Å². The third-order valence-corrected chi connectivity index (χ3v) is 6.58. The van der Waals surface area contributed by atoms with Crippen molar-refractivity contribution in [2.24, 2.45) is 0 Å². The minimum atomic E-state index is -4.00. The van der Waals surface area contributed by atoms with Gasteiger partial charge >= 0.3 is 0 Å². The number of aromatic nitrogens is 2. The predicted molar refractivity (Wildman–Crippen MR) is 91.3 cm³/mol. The Morgan fingerprint density at radius 1 is 1.00 bits per heavy atom. The van der Waals surface area contributed by atoms with E-state index in [0.29, 0.717) is 11.9 Å². The molecule has 0 aliphatic carbocycles. The van der Waals surface area contributed by atoms with Crippen molar-refractivity contribution in [1.29, 1.82) is 0 Å². The molecule has 9 heteroatoms. The van der Waals surface area contributed by atoms with Crippen molar-refractivity contribution in [2.45, 2.75) is 16.7 Å². The molecule has 2 aromatic carbocycles. The Balaban J connectivity index is 1.71. The van der Waals surface area contributed by atoms with Crippen LogP contribution >= 0.6 is 0 Å². The average molecular weight is 391 g/mol. The lowest BCUT2D eigenvalue weighted by atomic mass is 9.88. The maximum absolute atomic E-state index is 13.5. The van der Waals surface area contributed by atoms with Gasteiger partial charge in [-0.1, -0.05) is 35.5 Å². The van der Waals surface area contributed by atoms with Crippen molar-refractivity contribution in [3.05, 3.63) is 77.9 Å². The van der Waals surface area contributed by atoms with Gasteiger partial charge in [0.2, 0.25) is 16.4 Å². The first kappa shape index (κ1) is 17.7. The van der Waals surface area contributed by atoms with Gasteiger partial charge in [0.05, 0.1) is 4.90 Å². The van der Waals surface area contributed by atoms with Crippen LogP contribution in [0.25, 0.3) is 0 Å². The highest BCUT2D eigenvalue weighted by atomic mass is 32.2. The van der Waals surface area contributed by atoms with E-state index in [4.69, 9.17) is 4.52 Å². The molecule has 2 heterocycles. The molecular formula is C18H15F2N3O3S.